The molecule has 2 N–H and O–H groups in total. The standard InChI is InChI=1S/C38H52N4O4/c1-4-5-9-18-38-19-22-41(3)34(26(38)2)24-28-16-17-29(25-30(28)38)46-37(45)32(23-27-12-7-6-8-13-27)40-35(43)33-15-11-21-42(33)36(44)31-14-10-20-39-31/h6-8,12-13,16-17,25-26,31-34,39H,4-5,9-11,14-15,18-24H2,1-3H3,(H,40,43)/t26-,31?,32?,33?,34+,38?/m0/s1. The third kappa shape index (κ3) is 6.61. The van der Waals surface area contributed by atoms with E-state index in [-0.39, 0.29) is 23.3 Å². The van der Waals surface area contributed by atoms with Crippen molar-refractivity contribution in [2.45, 2.75) is 114 Å². The number of esters is 1. The molecule has 3 saturated heterocycles. The molecule has 0 aromatic heterocycles. The number of likely N-dealkylation sites (tertiary alicyclic amines) is 2. The van der Waals surface area contributed by atoms with Crippen LogP contribution < -0.4 is 15.4 Å². The van der Waals surface area contributed by atoms with Crippen LogP contribution in [-0.2, 0) is 32.6 Å². The lowest BCUT2D eigenvalue weighted by molar-refractivity contribution is -0.143. The summed E-state index contributed by atoms with van der Waals surface area (Å²) >= 11 is 0. The zero-order valence-electron chi connectivity index (χ0n) is 27.9. The molecule has 3 heterocycles. The molecule has 0 saturated carbocycles. The van der Waals surface area contributed by atoms with Crippen LogP contribution >= 0.6 is 0 Å². The molecule has 2 bridgehead atoms. The summed E-state index contributed by atoms with van der Waals surface area (Å²) in [6.45, 7) is 7.13. The largest absolute Gasteiger partial charge is 0.425 e. The Kier molecular flexibility index (Phi) is 10.1. The highest BCUT2D eigenvalue weighted by Gasteiger charge is 2.50. The van der Waals surface area contributed by atoms with Gasteiger partial charge in [-0.3, -0.25) is 9.59 Å². The molecule has 1 aliphatic carbocycles. The van der Waals surface area contributed by atoms with E-state index in [2.05, 4.69) is 48.6 Å². The lowest BCUT2D eigenvalue weighted by atomic mass is 9.56. The van der Waals surface area contributed by atoms with E-state index in [4.69, 9.17) is 4.74 Å². The van der Waals surface area contributed by atoms with Gasteiger partial charge in [0.1, 0.15) is 17.8 Å². The van der Waals surface area contributed by atoms with E-state index in [1.807, 2.05) is 36.4 Å². The first-order chi connectivity index (χ1) is 22.3. The van der Waals surface area contributed by atoms with Gasteiger partial charge in [0.2, 0.25) is 11.8 Å². The van der Waals surface area contributed by atoms with Gasteiger partial charge in [-0.25, -0.2) is 4.79 Å². The average molecular weight is 629 g/mol. The first-order valence-electron chi connectivity index (χ1n) is 17.7. The summed E-state index contributed by atoms with van der Waals surface area (Å²) in [7, 11) is 2.26. The predicted octanol–water partition coefficient (Wildman–Crippen LogP) is 4.78. The lowest BCUT2D eigenvalue weighted by Gasteiger charge is -2.55. The van der Waals surface area contributed by atoms with Gasteiger partial charge < -0.3 is 25.2 Å². The Hall–Kier alpha value is -3.23. The van der Waals surface area contributed by atoms with E-state index in [1.165, 1.54) is 30.4 Å². The van der Waals surface area contributed by atoms with Crippen LogP contribution in [-0.4, -0.2) is 78.4 Å². The van der Waals surface area contributed by atoms with Crippen molar-refractivity contribution in [1.82, 2.24) is 20.4 Å². The molecule has 2 aromatic rings. The highest BCUT2D eigenvalue weighted by atomic mass is 16.5. The van der Waals surface area contributed by atoms with Crippen LogP contribution in [0.15, 0.2) is 48.5 Å². The van der Waals surface area contributed by atoms with Crippen molar-refractivity contribution >= 4 is 17.8 Å². The van der Waals surface area contributed by atoms with Crippen LogP contribution in [0.1, 0.15) is 88.3 Å². The van der Waals surface area contributed by atoms with Crippen LogP contribution in [0, 0.1) is 5.92 Å². The number of nitrogens with zero attached hydrogens (tertiary/aromatic N) is 2. The summed E-state index contributed by atoms with van der Waals surface area (Å²) in [6, 6.07) is 14.8. The van der Waals surface area contributed by atoms with Crippen LogP contribution in [0.3, 0.4) is 0 Å². The maximum Gasteiger partial charge on any atom is 0.334 e. The molecule has 0 spiro atoms. The van der Waals surface area contributed by atoms with E-state index in [9.17, 15) is 14.4 Å². The normalized spacial score (nSPS) is 28.0. The van der Waals surface area contributed by atoms with Crippen LogP contribution in [0.2, 0.25) is 0 Å². The number of rotatable bonds is 11. The van der Waals surface area contributed by atoms with Crippen LogP contribution in [0.4, 0.5) is 0 Å². The Balaban J connectivity index is 1.22. The Morgan fingerprint density at radius 3 is 2.65 bits per heavy atom. The fourth-order valence-corrected chi connectivity index (χ4v) is 8.79. The summed E-state index contributed by atoms with van der Waals surface area (Å²) in [5.74, 6) is 0.289. The smallest absolute Gasteiger partial charge is 0.334 e. The monoisotopic (exact) mass is 628 g/mol. The number of benzene rings is 2. The second-order valence-corrected chi connectivity index (χ2v) is 14.2. The minimum atomic E-state index is -0.877. The van der Waals surface area contributed by atoms with Crippen molar-refractivity contribution in [2.24, 2.45) is 5.92 Å². The Morgan fingerprint density at radius 1 is 1.07 bits per heavy atom. The molecule has 248 valence electrons. The first-order valence-corrected chi connectivity index (χ1v) is 17.7. The van der Waals surface area contributed by atoms with Gasteiger partial charge in [0.15, 0.2) is 0 Å². The summed E-state index contributed by atoms with van der Waals surface area (Å²) < 4.78 is 6.14. The highest BCUT2D eigenvalue weighted by molar-refractivity contribution is 5.93. The van der Waals surface area contributed by atoms with E-state index in [0.717, 1.165) is 57.2 Å². The van der Waals surface area contributed by atoms with Gasteiger partial charge in [-0.2, -0.15) is 0 Å². The number of likely N-dealkylation sites (N-methyl/N-ethyl adjacent to an activating group) is 1. The second kappa shape index (κ2) is 14.3. The van der Waals surface area contributed by atoms with Gasteiger partial charge in [-0.15, -0.1) is 0 Å². The molecular weight excluding hydrogens is 576 g/mol. The molecule has 3 aliphatic heterocycles. The molecule has 6 atom stereocenters. The number of unbranched alkanes of at least 4 members (excludes halogenated alkanes) is 2. The van der Waals surface area contributed by atoms with Crippen molar-refractivity contribution < 1.29 is 19.1 Å². The molecular formula is C38H52N4O4. The van der Waals surface area contributed by atoms with E-state index in [0.29, 0.717) is 37.1 Å². The molecule has 0 radical (unpaired) electrons. The van der Waals surface area contributed by atoms with Crippen molar-refractivity contribution in [3.8, 4) is 5.75 Å². The van der Waals surface area contributed by atoms with Gasteiger partial charge in [-0.1, -0.05) is 69.5 Å². The summed E-state index contributed by atoms with van der Waals surface area (Å²) in [4.78, 5) is 45.2. The van der Waals surface area contributed by atoms with Gasteiger partial charge >= 0.3 is 5.97 Å². The second-order valence-electron chi connectivity index (χ2n) is 14.2. The molecule has 4 unspecified atom stereocenters. The molecule has 8 nitrogen and oxygen atoms in total. The number of amides is 2. The van der Waals surface area contributed by atoms with E-state index in [1.54, 1.807) is 4.90 Å². The van der Waals surface area contributed by atoms with Gasteiger partial charge in [0.25, 0.3) is 0 Å². The van der Waals surface area contributed by atoms with Crippen LogP contribution in [0.25, 0.3) is 0 Å². The Labute approximate surface area is 274 Å². The number of ether oxygens (including phenoxy) is 1. The molecule has 6 rings (SSSR count). The van der Waals surface area contributed by atoms with Gasteiger partial charge in [-0.05, 0) is 99.8 Å². The van der Waals surface area contributed by atoms with Crippen molar-refractivity contribution in [1.29, 1.82) is 0 Å². The zero-order chi connectivity index (χ0) is 32.3. The minimum absolute atomic E-state index is 0.00960. The van der Waals surface area contributed by atoms with E-state index < -0.39 is 18.1 Å². The minimum Gasteiger partial charge on any atom is -0.425 e. The number of hydrogen-bond donors (Lipinski definition) is 2. The number of carbonyl (C=O) groups excluding carboxylic acids is 3. The number of carbonyl (C=O) groups is 3. The summed E-state index contributed by atoms with van der Waals surface area (Å²) in [6.07, 6.45) is 10.3. The fraction of sp³-hybridized carbons (Fsp3) is 0.605. The summed E-state index contributed by atoms with van der Waals surface area (Å²) in [5, 5.41) is 6.29. The average Bonchev–Trinajstić information content (AvgIpc) is 3.78. The summed E-state index contributed by atoms with van der Waals surface area (Å²) in [5.41, 5.74) is 3.72. The fourth-order valence-electron chi connectivity index (χ4n) is 8.79. The third-order valence-corrected chi connectivity index (χ3v) is 11.5. The quantitative estimate of drug-likeness (QED) is 0.212. The first kappa shape index (κ1) is 32.7. The topological polar surface area (TPSA) is 91.0 Å². The van der Waals surface area contributed by atoms with Crippen molar-refractivity contribution in [3.63, 3.8) is 0 Å². The highest BCUT2D eigenvalue weighted by Crippen LogP contribution is 2.52. The third-order valence-electron chi connectivity index (χ3n) is 11.5. The number of nitrogens with one attached hydrogen (secondary N) is 2. The van der Waals surface area contributed by atoms with E-state index >= 15 is 0 Å². The SMILES string of the molecule is CCCCCC12CCN(C)[C@H](Cc3ccc(OC(=O)C(Cc4ccccc4)NC(=O)C4CCCN4C(=O)C4CCCN4)cc31)[C@@H]2C. The molecule has 2 aromatic carbocycles. The molecule has 8 heteroatoms. The molecule has 3 fully saturated rings. The van der Waals surface area contributed by atoms with Crippen LogP contribution in [0.5, 0.6) is 5.75 Å². The predicted molar refractivity (Wildman–Crippen MR) is 180 cm³/mol. The molecule has 4 aliphatic rings. The number of fused-ring (bicyclic) bond motifs is 4. The Morgan fingerprint density at radius 2 is 1.89 bits per heavy atom. The molecule has 2 amide bonds. The number of piperidine rings is 1. The van der Waals surface area contributed by atoms with Crippen molar-refractivity contribution in [2.75, 3.05) is 26.7 Å². The lowest BCUT2D eigenvalue weighted by Crippen LogP contribution is -2.57. The van der Waals surface area contributed by atoms with Crippen molar-refractivity contribution in [3.05, 3.63) is 65.2 Å². The maximum absolute atomic E-state index is 13.9. The maximum atomic E-state index is 13.9. The van der Waals surface area contributed by atoms with Gasteiger partial charge in [0.05, 0.1) is 6.04 Å². The zero-order valence-corrected chi connectivity index (χ0v) is 27.9. The van der Waals surface area contributed by atoms with Gasteiger partial charge in [0, 0.05) is 24.4 Å². The number of hydrogen-bond acceptors (Lipinski definition) is 6. The Bertz CT molecular complexity index is 1390. The molecule has 46 heavy (non-hydrogen) atoms.